The average Bonchev–Trinajstić information content (AvgIpc) is 3.30. The maximum atomic E-state index is 11.4. The van der Waals surface area contributed by atoms with Gasteiger partial charge in [-0.25, -0.2) is 4.68 Å². The maximum Gasteiger partial charge on any atom is 0.320 e. The summed E-state index contributed by atoms with van der Waals surface area (Å²) in [5.74, 6) is -1.31. The van der Waals surface area contributed by atoms with Crippen LogP contribution in [0.3, 0.4) is 0 Å². The lowest BCUT2D eigenvalue weighted by Gasteiger charge is -2.00. The van der Waals surface area contributed by atoms with Crippen molar-refractivity contribution in [2.45, 2.75) is 26.9 Å². The number of nitro groups is 2. The molecular weight excluding hydrogens is 392 g/mol. The fourth-order valence-electron chi connectivity index (χ4n) is 2.49. The Morgan fingerprint density at radius 2 is 1.76 bits per heavy atom. The molecule has 0 aliphatic carbocycles. The van der Waals surface area contributed by atoms with E-state index < -0.39 is 21.2 Å². The summed E-state index contributed by atoms with van der Waals surface area (Å²) < 4.78 is 7.07. The molecule has 0 saturated heterocycles. The summed E-state index contributed by atoms with van der Waals surface area (Å²) in [5, 5.41) is 33.9. The van der Waals surface area contributed by atoms with Gasteiger partial charge in [0.15, 0.2) is 17.3 Å². The molecule has 0 aromatic carbocycles. The molecule has 3 rings (SSSR count). The van der Waals surface area contributed by atoms with E-state index in [4.69, 9.17) is 4.52 Å². The van der Waals surface area contributed by atoms with E-state index >= 15 is 0 Å². The van der Waals surface area contributed by atoms with E-state index in [1.54, 1.807) is 0 Å². The van der Waals surface area contributed by atoms with Crippen LogP contribution in [0.1, 0.15) is 13.8 Å². The summed E-state index contributed by atoms with van der Waals surface area (Å²) in [7, 11) is 0. The van der Waals surface area contributed by atoms with Crippen LogP contribution in [-0.4, -0.2) is 51.1 Å². The first-order valence-electron chi connectivity index (χ1n) is 7.92. The highest BCUT2D eigenvalue weighted by Gasteiger charge is 2.30. The molecule has 150 valence electrons. The molecule has 0 fully saturated rings. The highest BCUT2D eigenvalue weighted by Crippen LogP contribution is 2.32. The number of Topliss-reactive ketones (excluding diaryl/α,β-unsaturated/α-hetero) is 2. The van der Waals surface area contributed by atoms with Crippen molar-refractivity contribution >= 4 is 22.9 Å². The van der Waals surface area contributed by atoms with Crippen LogP contribution >= 0.6 is 0 Å². The number of aromatic nitrogens is 6. The zero-order chi connectivity index (χ0) is 21.3. The van der Waals surface area contributed by atoms with E-state index in [-0.39, 0.29) is 47.8 Å². The third-order valence-electron chi connectivity index (χ3n) is 3.55. The second-order valence-corrected chi connectivity index (χ2v) is 5.94. The number of rotatable bonds is 8. The van der Waals surface area contributed by atoms with Crippen molar-refractivity contribution in [1.82, 2.24) is 29.7 Å². The van der Waals surface area contributed by atoms with Crippen molar-refractivity contribution in [3.63, 3.8) is 0 Å². The minimum atomic E-state index is -0.745. The SMILES string of the molecule is CC(=O)Cn1cc([N+](=O)[O-])c(-c2nc(-c3c([N+](=O)[O-])cnn3CC(C)=O)no2)n1. The largest absolute Gasteiger partial charge is 0.331 e. The summed E-state index contributed by atoms with van der Waals surface area (Å²) in [5.41, 5.74) is -1.48. The van der Waals surface area contributed by atoms with Crippen LogP contribution in [0.5, 0.6) is 0 Å². The van der Waals surface area contributed by atoms with Gasteiger partial charge in [-0.2, -0.15) is 15.2 Å². The van der Waals surface area contributed by atoms with Gasteiger partial charge in [-0.15, -0.1) is 0 Å². The van der Waals surface area contributed by atoms with Gasteiger partial charge in [-0.05, 0) is 13.8 Å². The Labute approximate surface area is 160 Å². The molecule has 29 heavy (non-hydrogen) atoms. The molecule has 15 heteroatoms. The monoisotopic (exact) mass is 404 g/mol. The third kappa shape index (κ3) is 3.87. The van der Waals surface area contributed by atoms with Gasteiger partial charge in [0.25, 0.3) is 5.89 Å². The quantitative estimate of drug-likeness (QED) is 0.380. The van der Waals surface area contributed by atoms with Gasteiger partial charge in [0.05, 0.1) is 16.4 Å². The third-order valence-corrected chi connectivity index (χ3v) is 3.55. The molecule has 15 nitrogen and oxygen atoms in total. The van der Waals surface area contributed by atoms with Gasteiger partial charge in [0.1, 0.15) is 18.9 Å². The highest BCUT2D eigenvalue weighted by molar-refractivity contribution is 5.77. The fraction of sp³-hybridized carbons (Fsp3) is 0.286. The minimum absolute atomic E-state index is 0.203. The Hall–Kier alpha value is -4.30. The lowest BCUT2D eigenvalue weighted by Crippen LogP contribution is -2.10. The second-order valence-electron chi connectivity index (χ2n) is 5.94. The summed E-state index contributed by atoms with van der Waals surface area (Å²) in [6, 6.07) is 0. The predicted octanol–water partition coefficient (Wildman–Crippen LogP) is 0.791. The fourth-order valence-corrected chi connectivity index (χ4v) is 2.49. The molecule has 0 bridgehead atoms. The van der Waals surface area contributed by atoms with E-state index in [0.29, 0.717) is 0 Å². The summed E-state index contributed by atoms with van der Waals surface area (Å²) in [6.45, 7) is 2.07. The standard InChI is InChI=1S/C14H12N8O7/c1-7(23)4-19-6-10(22(27)28)11(17-19)14-16-13(18-29-14)12-9(21(25)26)3-15-20(12)5-8(2)24/h3,6H,4-5H2,1-2H3. The van der Waals surface area contributed by atoms with Crippen molar-refractivity contribution in [3.05, 3.63) is 32.6 Å². The Morgan fingerprint density at radius 1 is 1.10 bits per heavy atom. The molecule has 3 heterocycles. The molecule has 0 radical (unpaired) electrons. The Kier molecular flexibility index (Phi) is 4.95. The summed E-state index contributed by atoms with van der Waals surface area (Å²) >= 11 is 0. The van der Waals surface area contributed by atoms with Gasteiger partial charge in [0.2, 0.25) is 11.5 Å². The minimum Gasteiger partial charge on any atom is -0.331 e. The number of nitrogens with zero attached hydrogens (tertiary/aromatic N) is 8. The van der Waals surface area contributed by atoms with Crippen LogP contribution in [0.15, 0.2) is 16.9 Å². The number of carbonyl (C=O) groups is 2. The van der Waals surface area contributed by atoms with E-state index in [2.05, 4.69) is 20.3 Å². The molecule has 0 aliphatic rings. The van der Waals surface area contributed by atoms with Crippen LogP contribution in [0.2, 0.25) is 0 Å². The van der Waals surface area contributed by atoms with Crippen LogP contribution in [0, 0.1) is 20.2 Å². The lowest BCUT2D eigenvalue weighted by molar-refractivity contribution is -0.384. The molecular formula is C14H12N8O7. The summed E-state index contributed by atoms with van der Waals surface area (Å²) in [6.07, 6.45) is 1.96. The molecule has 0 spiro atoms. The van der Waals surface area contributed by atoms with E-state index in [0.717, 1.165) is 21.8 Å². The molecule has 0 aliphatic heterocycles. The summed E-state index contributed by atoms with van der Waals surface area (Å²) in [4.78, 5) is 47.7. The molecule has 0 unspecified atom stereocenters. The van der Waals surface area contributed by atoms with Crippen LogP contribution in [0.4, 0.5) is 11.4 Å². The van der Waals surface area contributed by atoms with Gasteiger partial charge < -0.3 is 4.52 Å². The highest BCUT2D eigenvalue weighted by atomic mass is 16.6. The van der Waals surface area contributed by atoms with Gasteiger partial charge in [-0.3, -0.25) is 34.5 Å². The van der Waals surface area contributed by atoms with Gasteiger partial charge >= 0.3 is 11.4 Å². The van der Waals surface area contributed by atoms with Crippen molar-refractivity contribution < 1.29 is 24.0 Å². The molecule has 0 N–H and O–H groups in total. The van der Waals surface area contributed by atoms with Crippen molar-refractivity contribution in [2.24, 2.45) is 0 Å². The second kappa shape index (κ2) is 7.37. The zero-order valence-corrected chi connectivity index (χ0v) is 15.0. The predicted molar refractivity (Wildman–Crippen MR) is 91.4 cm³/mol. The molecule has 0 saturated carbocycles. The van der Waals surface area contributed by atoms with Crippen LogP contribution in [0.25, 0.3) is 23.1 Å². The number of hydrogen-bond donors (Lipinski definition) is 0. The van der Waals surface area contributed by atoms with E-state index in [9.17, 15) is 29.8 Å². The van der Waals surface area contributed by atoms with Crippen molar-refractivity contribution in [3.8, 4) is 23.1 Å². The smallest absolute Gasteiger partial charge is 0.320 e. The van der Waals surface area contributed by atoms with Crippen molar-refractivity contribution in [1.29, 1.82) is 0 Å². The topological polar surface area (TPSA) is 195 Å². The first kappa shape index (κ1) is 19.5. The molecule has 3 aromatic heterocycles. The molecule has 0 amide bonds. The Morgan fingerprint density at radius 3 is 2.34 bits per heavy atom. The normalized spacial score (nSPS) is 10.8. The van der Waals surface area contributed by atoms with Crippen LogP contribution < -0.4 is 0 Å². The number of ketones is 2. The van der Waals surface area contributed by atoms with Crippen LogP contribution in [-0.2, 0) is 22.7 Å². The van der Waals surface area contributed by atoms with Gasteiger partial charge in [0, 0.05) is 0 Å². The first-order valence-corrected chi connectivity index (χ1v) is 7.92. The molecule has 3 aromatic rings. The first-order chi connectivity index (χ1) is 13.7. The Bertz CT molecular complexity index is 1140. The average molecular weight is 404 g/mol. The van der Waals surface area contributed by atoms with E-state index in [1.165, 1.54) is 13.8 Å². The Balaban J connectivity index is 2.09. The van der Waals surface area contributed by atoms with Crippen molar-refractivity contribution in [2.75, 3.05) is 0 Å². The molecule has 0 atom stereocenters. The lowest BCUT2D eigenvalue weighted by atomic mass is 10.3. The van der Waals surface area contributed by atoms with E-state index in [1.807, 2.05) is 0 Å². The van der Waals surface area contributed by atoms with Gasteiger partial charge in [-0.1, -0.05) is 5.16 Å². The number of carbonyl (C=O) groups excluding carboxylic acids is 2. The maximum absolute atomic E-state index is 11.4. The number of hydrogen-bond acceptors (Lipinski definition) is 11. The zero-order valence-electron chi connectivity index (χ0n) is 15.0.